The van der Waals surface area contributed by atoms with E-state index >= 15 is 0 Å². The van der Waals surface area contributed by atoms with Crippen molar-refractivity contribution in [2.24, 2.45) is 0 Å². The zero-order valence-corrected chi connectivity index (χ0v) is 28.6. The van der Waals surface area contributed by atoms with Crippen molar-refractivity contribution in [3.8, 4) is 27.9 Å². The van der Waals surface area contributed by atoms with Crippen LogP contribution >= 0.6 is 11.3 Å². The summed E-state index contributed by atoms with van der Waals surface area (Å²) in [7, 11) is 0. The van der Waals surface area contributed by atoms with Gasteiger partial charge in [-0.3, -0.25) is 0 Å². The van der Waals surface area contributed by atoms with Crippen molar-refractivity contribution in [2.45, 2.75) is 0 Å². The Hall–Kier alpha value is -6.42. The number of benzene rings is 8. The van der Waals surface area contributed by atoms with Gasteiger partial charge in [0, 0.05) is 38.2 Å². The third-order valence-corrected chi connectivity index (χ3v) is 10.9. The lowest BCUT2D eigenvalue weighted by Gasteiger charge is -2.26. The largest absolute Gasteiger partial charge is 0.310 e. The van der Waals surface area contributed by atoms with Crippen molar-refractivity contribution >= 4 is 71.1 Å². The Balaban J connectivity index is 1.01. The second-order valence-corrected chi connectivity index (χ2v) is 14.0. The van der Waals surface area contributed by atoms with Crippen molar-refractivity contribution in [3.63, 3.8) is 0 Å². The quantitative estimate of drug-likeness (QED) is 0.171. The third-order valence-electron chi connectivity index (χ3n) is 10.1. The zero-order chi connectivity index (χ0) is 33.7. The number of anilines is 3. The molecule has 0 unspecified atom stereocenters. The molecule has 0 fully saturated rings. The number of thiophene rings is 1. The maximum absolute atomic E-state index is 2.40. The van der Waals surface area contributed by atoms with E-state index in [9.17, 15) is 0 Å². The van der Waals surface area contributed by atoms with Crippen LogP contribution in [0, 0.1) is 0 Å². The first kappa shape index (κ1) is 29.5. The van der Waals surface area contributed by atoms with Crippen LogP contribution in [0.1, 0.15) is 0 Å². The molecule has 0 radical (unpaired) electrons. The predicted molar refractivity (Wildman–Crippen MR) is 219 cm³/mol. The van der Waals surface area contributed by atoms with E-state index in [4.69, 9.17) is 0 Å². The Morgan fingerprint density at radius 3 is 1.69 bits per heavy atom. The van der Waals surface area contributed by atoms with Gasteiger partial charge in [0.15, 0.2) is 0 Å². The van der Waals surface area contributed by atoms with Gasteiger partial charge in [0.05, 0.1) is 11.0 Å². The lowest BCUT2D eigenvalue weighted by molar-refractivity contribution is 1.18. The van der Waals surface area contributed by atoms with Crippen molar-refractivity contribution in [1.82, 2.24) is 4.57 Å². The van der Waals surface area contributed by atoms with Crippen LogP contribution in [0.5, 0.6) is 0 Å². The molecule has 2 nitrogen and oxygen atoms in total. The van der Waals surface area contributed by atoms with Crippen LogP contribution in [0.2, 0.25) is 0 Å². The SMILES string of the molecule is c1ccc(-c2ccc(N(c3ccc(-c4ccc(-n5c6ccccc6c6cc7sccc7cc65)cc4)cc3)c3ccc4ccccc4c3)cc2)cc1. The molecule has 0 amide bonds. The Morgan fingerprint density at radius 2 is 0.961 bits per heavy atom. The molecule has 0 saturated carbocycles. The van der Waals surface area contributed by atoms with Crippen LogP contribution in [-0.2, 0) is 0 Å². The molecule has 10 aromatic rings. The highest BCUT2D eigenvalue weighted by Gasteiger charge is 2.16. The topological polar surface area (TPSA) is 8.17 Å². The van der Waals surface area contributed by atoms with Crippen LogP contribution in [-0.4, -0.2) is 4.57 Å². The molecular weight excluding hydrogens is 637 g/mol. The Kier molecular flexibility index (Phi) is 7.04. The van der Waals surface area contributed by atoms with Crippen LogP contribution in [0.25, 0.3) is 70.6 Å². The summed E-state index contributed by atoms with van der Waals surface area (Å²) in [5.74, 6) is 0. The number of nitrogens with zero attached hydrogens (tertiary/aromatic N) is 2. The zero-order valence-electron chi connectivity index (χ0n) is 27.8. The number of fused-ring (bicyclic) bond motifs is 5. The maximum atomic E-state index is 2.40. The summed E-state index contributed by atoms with van der Waals surface area (Å²) in [4.78, 5) is 2.35. The lowest BCUT2D eigenvalue weighted by atomic mass is 10.0. The van der Waals surface area contributed by atoms with E-state index in [-0.39, 0.29) is 0 Å². The fourth-order valence-electron chi connectivity index (χ4n) is 7.51. The third kappa shape index (κ3) is 5.18. The summed E-state index contributed by atoms with van der Waals surface area (Å²) >= 11 is 1.80. The van der Waals surface area contributed by atoms with Crippen molar-refractivity contribution in [2.75, 3.05) is 4.90 Å². The molecule has 240 valence electrons. The summed E-state index contributed by atoms with van der Waals surface area (Å²) in [6, 6.07) is 68.3. The van der Waals surface area contributed by atoms with Gasteiger partial charge in [-0.25, -0.2) is 0 Å². The van der Waals surface area contributed by atoms with Gasteiger partial charge in [0.1, 0.15) is 0 Å². The summed E-state index contributed by atoms with van der Waals surface area (Å²) in [6.07, 6.45) is 0. The monoisotopic (exact) mass is 668 g/mol. The molecule has 0 aliphatic carbocycles. The number of rotatable bonds is 6. The highest BCUT2D eigenvalue weighted by molar-refractivity contribution is 7.17. The fraction of sp³-hybridized carbons (Fsp3) is 0. The molecule has 0 aliphatic heterocycles. The van der Waals surface area contributed by atoms with E-state index in [0.29, 0.717) is 0 Å². The lowest BCUT2D eigenvalue weighted by Crippen LogP contribution is -2.09. The van der Waals surface area contributed by atoms with E-state index in [1.165, 1.54) is 64.9 Å². The van der Waals surface area contributed by atoms with Crippen molar-refractivity contribution in [1.29, 1.82) is 0 Å². The summed E-state index contributed by atoms with van der Waals surface area (Å²) in [5, 5.41) is 8.51. The van der Waals surface area contributed by atoms with Gasteiger partial charge in [-0.2, -0.15) is 0 Å². The fourth-order valence-corrected chi connectivity index (χ4v) is 8.32. The molecule has 0 N–H and O–H groups in total. The van der Waals surface area contributed by atoms with E-state index in [0.717, 1.165) is 22.7 Å². The van der Waals surface area contributed by atoms with Crippen molar-refractivity contribution < 1.29 is 0 Å². The minimum Gasteiger partial charge on any atom is -0.310 e. The number of para-hydroxylation sites is 1. The molecule has 0 saturated heterocycles. The highest BCUT2D eigenvalue weighted by Crippen LogP contribution is 2.39. The Bertz CT molecular complexity index is 2830. The van der Waals surface area contributed by atoms with E-state index < -0.39 is 0 Å². The smallest absolute Gasteiger partial charge is 0.0548 e. The second kappa shape index (κ2) is 12.2. The number of hydrogen-bond acceptors (Lipinski definition) is 2. The molecule has 8 aromatic carbocycles. The number of aromatic nitrogens is 1. The van der Waals surface area contributed by atoms with Crippen LogP contribution in [0.3, 0.4) is 0 Å². The molecule has 3 heteroatoms. The molecule has 0 spiro atoms. The van der Waals surface area contributed by atoms with E-state index in [1.54, 1.807) is 11.3 Å². The molecule has 0 atom stereocenters. The second-order valence-electron chi connectivity index (χ2n) is 13.1. The van der Waals surface area contributed by atoms with Crippen LogP contribution in [0.4, 0.5) is 17.1 Å². The van der Waals surface area contributed by atoms with E-state index in [1.807, 2.05) is 0 Å². The van der Waals surface area contributed by atoms with Gasteiger partial charge in [-0.05, 0) is 117 Å². The van der Waals surface area contributed by atoms with Gasteiger partial charge in [0.2, 0.25) is 0 Å². The minimum absolute atomic E-state index is 1.11. The summed E-state index contributed by atoms with van der Waals surface area (Å²) in [5.41, 5.74) is 11.8. The average molecular weight is 669 g/mol. The number of hydrogen-bond donors (Lipinski definition) is 0. The first-order valence-electron chi connectivity index (χ1n) is 17.3. The minimum atomic E-state index is 1.11. The van der Waals surface area contributed by atoms with Gasteiger partial charge < -0.3 is 9.47 Å². The molecule has 51 heavy (non-hydrogen) atoms. The average Bonchev–Trinajstić information content (AvgIpc) is 3.80. The standard InChI is InChI=1S/C48H32N2S/c1-2-8-33(9-3-1)35-14-21-40(22-15-35)49(43-27-20-34-10-4-5-11-38(34)30-43)41-23-16-36(17-24-41)37-18-25-42(26-19-37)50-46-13-7-6-12-44(46)45-32-48-39(28-29-51-48)31-47(45)50/h1-32H. The first-order chi connectivity index (χ1) is 25.3. The molecule has 2 aromatic heterocycles. The van der Waals surface area contributed by atoms with E-state index in [2.05, 4.69) is 203 Å². The van der Waals surface area contributed by atoms with Gasteiger partial charge in [-0.1, -0.05) is 115 Å². The molecule has 10 rings (SSSR count). The van der Waals surface area contributed by atoms with Crippen LogP contribution in [0.15, 0.2) is 193 Å². The van der Waals surface area contributed by atoms with Gasteiger partial charge >= 0.3 is 0 Å². The predicted octanol–water partition coefficient (Wildman–Crippen LogP) is 14.0. The molecular formula is C48H32N2S. The normalized spacial score (nSPS) is 11.5. The van der Waals surface area contributed by atoms with Gasteiger partial charge in [0.25, 0.3) is 0 Å². The molecule has 2 heterocycles. The van der Waals surface area contributed by atoms with Crippen LogP contribution < -0.4 is 4.90 Å². The Morgan fingerprint density at radius 1 is 0.373 bits per heavy atom. The maximum Gasteiger partial charge on any atom is 0.0548 e. The first-order valence-corrected chi connectivity index (χ1v) is 18.2. The molecule has 0 bridgehead atoms. The summed E-state index contributed by atoms with van der Waals surface area (Å²) in [6.45, 7) is 0. The summed E-state index contributed by atoms with van der Waals surface area (Å²) < 4.78 is 3.73. The Labute approximate surface area is 300 Å². The van der Waals surface area contributed by atoms with Gasteiger partial charge in [-0.15, -0.1) is 11.3 Å². The van der Waals surface area contributed by atoms with Crippen molar-refractivity contribution in [3.05, 3.63) is 193 Å². The molecule has 0 aliphatic rings. The highest BCUT2D eigenvalue weighted by atomic mass is 32.1.